The smallest absolute Gasteiger partial charge is 0.271 e. The summed E-state index contributed by atoms with van der Waals surface area (Å²) in [6, 6.07) is 7.97. The van der Waals surface area contributed by atoms with Gasteiger partial charge in [0.1, 0.15) is 18.4 Å². The monoisotopic (exact) mass is 522 g/mol. The number of benzene rings is 2. The average molecular weight is 523 g/mol. The van der Waals surface area contributed by atoms with Crippen LogP contribution in [0.1, 0.15) is 38.3 Å². The molecule has 0 saturated heterocycles. The highest BCUT2D eigenvalue weighted by Crippen LogP contribution is 2.28. The molecule has 0 saturated carbocycles. The van der Waals surface area contributed by atoms with Gasteiger partial charge in [-0.25, -0.2) is 12.8 Å². The van der Waals surface area contributed by atoms with Crippen molar-refractivity contribution in [1.29, 1.82) is 0 Å². The third-order valence-corrected chi connectivity index (χ3v) is 6.91. The number of hydrogen-bond acceptors (Lipinski definition) is 6. The van der Waals surface area contributed by atoms with Crippen LogP contribution in [0.5, 0.6) is 0 Å². The first-order valence-corrected chi connectivity index (χ1v) is 13.2. The summed E-state index contributed by atoms with van der Waals surface area (Å²) in [4.78, 5) is 38.2. The van der Waals surface area contributed by atoms with Crippen molar-refractivity contribution in [2.45, 2.75) is 52.7 Å². The molecule has 196 valence electrons. The van der Waals surface area contributed by atoms with Gasteiger partial charge >= 0.3 is 0 Å². The highest BCUT2D eigenvalue weighted by Gasteiger charge is 2.31. The summed E-state index contributed by atoms with van der Waals surface area (Å²) in [6.45, 7) is 6.01. The van der Waals surface area contributed by atoms with E-state index in [-0.39, 0.29) is 24.0 Å². The quantitative estimate of drug-likeness (QED) is 0.356. The fourth-order valence-corrected chi connectivity index (χ4v) is 4.31. The lowest BCUT2D eigenvalue weighted by molar-refractivity contribution is -0.384. The van der Waals surface area contributed by atoms with Gasteiger partial charge in [0, 0.05) is 24.7 Å². The molecule has 0 radical (unpaired) electrons. The van der Waals surface area contributed by atoms with E-state index in [1.165, 1.54) is 48.2 Å². The molecule has 1 N–H and O–H groups in total. The van der Waals surface area contributed by atoms with Gasteiger partial charge in [0.2, 0.25) is 21.8 Å². The molecule has 0 aliphatic heterocycles. The number of anilines is 1. The van der Waals surface area contributed by atoms with Gasteiger partial charge in [0.25, 0.3) is 5.69 Å². The highest BCUT2D eigenvalue weighted by molar-refractivity contribution is 7.92. The Morgan fingerprint density at radius 2 is 1.75 bits per heavy atom. The van der Waals surface area contributed by atoms with Crippen LogP contribution in [-0.2, 0) is 26.2 Å². The molecular weight excluding hydrogens is 491 g/mol. The Labute approximate surface area is 210 Å². The number of halogens is 1. The Hall–Kier alpha value is -3.54. The second-order valence-electron chi connectivity index (χ2n) is 8.64. The predicted octanol–water partition coefficient (Wildman–Crippen LogP) is 3.14. The first-order chi connectivity index (χ1) is 16.7. The minimum absolute atomic E-state index is 0.0153. The molecule has 0 fully saturated rings. The van der Waals surface area contributed by atoms with Gasteiger partial charge in [0.15, 0.2) is 0 Å². The molecule has 10 nitrogen and oxygen atoms in total. The van der Waals surface area contributed by atoms with Crippen LogP contribution < -0.4 is 9.62 Å². The van der Waals surface area contributed by atoms with Gasteiger partial charge in [-0.3, -0.25) is 24.0 Å². The van der Waals surface area contributed by atoms with E-state index in [9.17, 15) is 32.5 Å². The van der Waals surface area contributed by atoms with E-state index in [2.05, 4.69) is 5.32 Å². The predicted molar refractivity (Wildman–Crippen MR) is 134 cm³/mol. The van der Waals surface area contributed by atoms with Crippen LogP contribution in [0, 0.1) is 22.9 Å². The van der Waals surface area contributed by atoms with E-state index in [1.807, 2.05) is 13.8 Å². The molecule has 0 aromatic heterocycles. The van der Waals surface area contributed by atoms with Gasteiger partial charge in [-0.2, -0.15) is 0 Å². The second kappa shape index (κ2) is 11.9. The molecule has 2 rings (SSSR count). The van der Waals surface area contributed by atoms with Crippen molar-refractivity contribution in [1.82, 2.24) is 10.2 Å². The molecule has 2 amide bonds. The number of non-ortho nitro benzene ring substituents is 1. The van der Waals surface area contributed by atoms with E-state index < -0.39 is 45.2 Å². The maximum Gasteiger partial charge on any atom is 0.271 e. The number of nitrogens with zero attached hydrogens (tertiary/aromatic N) is 3. The molecule has 2 atom stereocenters. The van der Waals surface area contributed by atoms with Crippen molar-refractivity contribution in [2.75, 3.05) is 17.1 Å². The lowest BCUT2D eigenvalue weighted by atomic mass is 10.1. The van der Waals surface area contributed by atoms with Crippen molar-refractivity contribution in [3.63, 3.8) is 0 Å². The van der Waals surface area contributed by atoms with E-state index in [1.54, 1.807) is 6.92 Å². The largest absolute Gasteiger partial charge is 0.352 e. The molecule has 2 aromatic rings. The highest BCUT2D eigenvalue weighted by atomic mass is 32.2. The van der Waals surface area contributed by atoms with Gasteiger partial charge < -0.3 is 10.2 Å². The molecule has 2 aromatic carbocycles. The summed E-state index contributed by atoms with van der Waals surface area (Å²) >= 11 is 0. The zero-order valence-electron chi connectivity index (χ0n) is 20.9. The molecule has 0 aliphatic carbocycles. The zero-order chi connectivity index (χ0) is 27.2. The number of nitro benzene ring substituents is 1. The molecule has 0 aliphatic rings. The summed E-state index contributed by atoms with van der Waals surface area (Å²) in [5.74, 6) is -1.61. The molecule has 0 heterocycles. The van der Waals surface area contributed by atoms with Crippen molar-refractivity contribution in [3.8, 4) is 0 Å². The van der Waals surface area contributed by atoms with Crippen molar-refractivity contribution >= 4 is 33.2 Å². The van der Waals surface area contributed by atoms with Crippen LogP contribution in [-0.4, -0.2) is 54.9 Å². The first kappa shape index (κ1) is 28.7. The topological polar surface area (TPSA) is 130 Å². The van der Waals surface area contributed by atoms with Crippen LogP contribution in [0.25, 0.3) is 0 Å². The molecule has 12 heteroatoms. The third-order valence-electron chi connectivity index (χ3n) is 5.79. The third kappa shape index (κ3) is 7.48. The van der Waals surface area contributed by atoms with Gasteiger partial charge in [0.05, 0.1) is 16.9 Å². The standard InChI is InChI=1S/C24H31FN4O6S/c1-6-17(3)26-24(31)18(4)27(14-19-8-10-20(25)11-9-19)23(30)15-28(36(5,34)35)22-13-21(29(32)33)12-7-16(22)2/h7-13,17-18H,6,14-15H2,1-5H3,(H,26,31)/t17-,18-/m1/s1. The summed E-state index contributed by atoms with van der Waals surface area (Å²) in [6.07, 6.45) is 1.56. The number of nitrogens with one attached hydrogen (secondary N) is 1. The van der Waals surface area contributed by atoms with Crippen molar-refractivity contribution < 1.29 is 27.3 Å². The van der Waals surface area contributed by atoms with Crippen molar-refractivity contribution in [3.05, 3.63) is 69.5 Å². The summed E-state index contributed by atoms with van der Waals surface area (Å²) in [7, 11) is -4.05. The minimum atomic E-state index is -4.05. The number of carbonyl (C=O) groups excluding carboxylic acids is 2. The van der Waals surface area contributed by atoms with Crippen LogP contribution in [0.3, 0.4) is 0 Å². The van der Waals surface area contributed by atoms with Crippen LogP contribution >= 0.6 is 0 Å². The number of hydrogen-bond donors (Lipinski definition) is 1. The van der Waals surface area contributed by atoms with Gasteiger partial charge in [-0.1, -0.05) is 25.1 Å². The van der Waals surface area contributed by atoms with Crippen LogP contribution in [0.4, 0.5) is 15.8 Å². The number of aryl methyl sites for hydroxylation is 1. The average Bonchev–Trinajstić information content (AvgIpc) is 2.81. The molecule has 0 spiro atoms. The lowest BCUT2D eigenvalue weighted by Gasteiger charge is -2.32. The fraction of sp³-hybridized carbons (Fsp3) is 0.417. The number of sulfonamides is 1. The van der Waals surface area contributed by atoms with E-state index in [0.717, 1.165) is 16.6 Å². The number of carbonyl (C=O) groups is 2. The number of nitro groups is 1. The molecular formula is C24H31FN4O6S. The van der Waals surface area contributed by atoms with E-state index in [0.29, 0.717) is 17.5 Å². The van der Waals surface area contributed by atoms with E-state index >= 15 is 0 Å². The van der Waals surface area contributed by atoms with Crippen molar-refractivity contribution in [2.24, 2.45) is 0 Å². The first-order valence-electron chi connectivity index (χ1n) is 11.3. The fourth-order valence-electron chi connectivity index (χ4n) is 3.41. The van der Waals surface area contributed by atoms with Gasteiger partial charge in [-0.05, 0) is 50.5 Å². The summed E-state index contributed by atoms with van der Waals surface area (Å²) < 4.78 is 39.5. The minimum Gasteiger partial charge on any atom is -0.352 e. The van der Waals surface area contributed by atoms with E-state index in [4.69, 9.17) is 0 Å². The maximum atomic E-state index is 13.5. The summed E-state index contributed by atoms with van der Waals surface area (Å²) in [5.41, 5.74) is 0.594. The molecule has 0 bridgehead atoms. The maximum absolute atomic E-state index is 13.5. The normalized spacial score (nSPS) is 12.9. The number of amides is 2. The Balaban J connectivity index is 2.47. The van der Waals surface area contributed by atoms with Crippen LogP contribution in [0.15, 0.2) is 42.5 Å². The lowest BCUT2D eigenvalue weighted by Crippen LogP contribution is -2.52. The molecule has 0 unspecified atom stereocenters. The Kier molecular flexibility index (Phi) is 9.51. The Morgan fingerprint density at radius 1 is 1.14 bits per heavy atom. The van der Waals surface area contributed by atoms with Crippen LogP contribution in [0.2, 0.25) is 0 Å². The Morgan fingerprint density at radius 3 is 2.28 bits per heavy atom. The zero-order valence-corrected chi connectivity index (χ0v) is 21.7. The Bertz CT molecular complexity index is 1220. The summed E-state index contributed by atoms with van der Waals surface area (Å²) in [5, 5.41) is 14.1. The van der Waals surface area contributed by atoms with Gasteiger partial charge in [-0.15, -0.1) is 0 Å². The molecule has 36 heavy (non-hydrogen) atoms. The number of rotatable bonds is 11. The SMILES string of the molecule is CC[C@@H](C)NC(=O)[C@@H](C)N(Cc1ccc(F)cc1)C(=O)CN(c1cc([N+](=O)[O-])ccc1C)S(C)(=O)=O. The second-order valence-corrected chi connectivity index (χ2v) is 10.5.